The van der Waals surface area contributed by atoms with Crippen LogP contribution in [-0.2, 0) is 13.7 Å². The average molecular weight is 294 g/mol. The van der Waals surface area contributed by atoms with Gasteiger partial charge in [0, 0.05) is 23.4 Å². The van der Waals surface area contributed by atoms with Crippen LogP contribution in [0.3, 0.4) is 0 Å². The highest BCUT2D eigenvalue weighted by molar-refractivity contribution is 8.02. The quantitative estimate of drug-likeness (QED) is 0.656. The summed E-state index contributed by atoms with van der Waals surface area (Å²) in [5.41, 5.74) is 2.15. The first kappa shape index (κ1) is 14.5. The van der Waals surface area contributed by atoms with E-state index in [1.54, 1.807) is 18.0 Å². The van der Waals surface area contributed by atoms with Gasteiger partial charge in [-0.2, -0.15) is 0 Å². The minimum Gasteiger partial charge on any atom is -0.390 e. The molecule has 1 aromatic carbocycles. The number of hydrogen-bond acceptors (Lipinski definition) is 4. The van der Waals surface area contributed by atoms with Gasteiger partial charge in [-0.15, -0.1) is 11.8 Å². The van der Waals surface area contributed by atoms with Gasteiger partial charge in [-0.25, -0.2) is 4.98 Å². The molecule has 0 atom stereocenters. The van der Waals surface area contributed by atoms with Gasteiger partial charge in [-0.3, -0.25) is 0 Å². The average Bonchev–Trinajstić information content (AvgIpc) is 2.77. The summed E-state index contributed by atoms with van der Waals surface area (Å²) in [6.45, 7) is 2.15. The van der Waals surface area contributed by atoms with Gasteiger partial charge in [0.2, 0.25) is 0 Å². The van der Waals surface area contributed by atoms with Crippen molar-refractivity contribution in [3.05, 3.63) is 41.7 Å². The molecule has 0 radical (unpaired) electrons. The molecule has 2 aromatic rings. The Morgan fingerprint density at radius 3 is 2.47 bits per heavy atom. The summed E-state index contributed by atoms with van der Waals surface area (Å²) < 4.78 is 1.95. The largest absolute Gasteiger partial charge is 0.390 e. The molecule has 0 bridgehead atoms. The molecule has 102 valence electrons. The van der Waals surface area contributed by atoms with Crippen LogP contribution in [0.25, 0.3) is 0 Å². The summed E-state index contributed by atoms with van der Waals surface area (Å²) in [5, 5.41) is 10.1. The van der Waals surface area contributed by atoms with Crippen molar-refractivity contribution in [3.8, 4) is 0 Å². The van der Waals surface area contributed by atoms with Gasteiger partial charge < -0.3 is 9.67 Å². The molecule has 0 amide bonds. The third-order valence-corrected chi connectivity index (χ3v) is 5.13. The molecule has 1 aromatic heterocycles. The molecule has 1 heterocycles. The van der Waals surface area contributed by atoms with E-state index in [0.717, 1.165) is 22.4 Å². The second-order valence-electron chi connectivity index (χ2n) is 4.26. The Balaban J connectivity index is 1.77. The number of imidazole rings is 1. The molecule has 0 aliphatic carbocycles. The minimum absolute atomic E-state index is 0.0438. The van der Waals surface area contributed by atoms with Crippen LogP contribution in [0.1, 0.15) is 11.3 Å². The second kappa shape index (κ2) is 7.03. The van der Waals surface area contributed by atoms with Crippen LogP contribution in [0, 0.1) is 6.92 Å². The van der Waals surface area contributed by atoms with E-state index in [1.807, 2.05) is 23.4 Å². The predicted molar refractivity (Wildman–Crippen MR) is 81.8 cm³/mol. The number of aromatic nitrogens is 2. The number of aryl methyl sites for hydroxylation is 1. The van der Waals surface area contributed by atoms with Crippen LogP contribution in [0.15, 0.2) is 40.5 Å². The van der Waals surface area contributed by atoms with E-state index in [1.165, 1.54) is 10.5 Å². The number of aliphatic hydroxyl groups excluding tert-OH is 1. The van der Waals surface area contributed by atoms with Gasteiger partial charge in [0.15, 0.2) is 5.16 Å². The van der Waals surface area contributed by atoms with E-state index in [4.69, 9.17) is 5.11 Å². The Morgan fingerprint density at radius 1 is 1.16 bits per heavy atom. The SMILES string of the molecule is Cc1ccc(SCCSc2ncc(CO)n2C)cc1. The van der Waals surface area contributed by atoms with Gasteiger partial charge in [-0.05, 0) is 19.1 Å². The fraction of sp³-hybridized carbons (Fsp3) is 0.357. The van der Waals surface area contributed by atoms with Crippen LogP contribution < -0.4 is 0 Å². The van der Waals surface area contributed by atoms with Crippen LogP contribution in [0.5, 0.6) is 0 Å². The number of thioether (sulfide) groups is 2. The van der Waals surface area contributed by atoms with E-state index in [2.05, 4.69) is 36.2 Å². The van der Waals surface area contributed by atoms with Crippen molar-refractivity contribution in [2.24, 2.45) is 7.05 Å². The first-order valence-corrected chi connectivity index (χ1v) is 8.11. The normalized spacial score (nSPS) is 10.9. The Bertz CT molecular complexity index is 523. The number of benzene rings is 1. The van der Waals surface area contributed by atoms with Gasteiger partial charge >= 0.3 is 0 Å². The van der Waals surface area contributed by atoms with Gasteiger partial charge in [0.05, 0.1) is 18.5 Å². The third-order valence-electron chi connectivity index (χ3n) is 2.81. The molecule has 0 spiro atoms. The molecular formula is C14H18N2OS2. The summed E-state index contributed by atoms with van der Waals surface area (Å²) in [4.78, 5) is 5.61. The molecule has 19 heavy (non-hydrogen) atoms. The van der Waals surface area contributed by atoms with E-state index < -0.39 is 0 Å². The fourth-order valence-corrected chi connectivity index (χ4v) is 3.49. The molecular weight excluding hydrogens is 276 g/mol. The highest BCUT2D eigenvalue weighted by Gasteiger charge is 2.05. The zero-order valence-electron chi connectivity index (χ0n) is 11.2. The highest BCUT2D eigenvalue weighted by atomic mass is 32.2. The lowest BCUT2D eigenvalue weighted by atomic mass is 10.2. The maximum Gasteiger partial charge on any atom is 0.167 e. The lowest BCUT2D eigenvalue weighted by Gasteiger charge is -2.04. The molecule has 1 N–H and O–H groups in total. The topological polar surface area (TPSA) is 38.1 Å². The molecule has 2 rings (SSSR count). The number of aliphatic hydroxyl groups is 1. The van der Waals surface area contributed by atoms with Gasteiger partial charge in [0.1, 0.15) is 0 Å². The smallest absolute Gasteiger partial charge is 0.167 e. The van der Waals surface area contributed by atoms with Crippen molar-refractivity contribution >= 4 is 23.5 Å². The molecule has 0 fully saturated rings. The van der Waals surface area contributed by atoms with Crippen LogP contribution in [0.2, 0.25) is 0 Å². The van der Waals surface area contributed by atoms with Crippen molar-refractivity contribution < 1.29 is 5.11 Å². The maximum absolute atomic E-state index is 9.10. The van der Waals surface area contributed by atoms with Gasteiger partial charge in [0.25, 0.3) is 0 Å². The molecule has 3 nitrogen and oxygen atoms in total. The first-order chi connectivity index (χ1) is 9.20. The highest BCUT2D eigenvalue weighted by Crippen LogP contribution is 2.23. The summed E-state index contributed by atoms with van der Waals surface area (Å²) in [7, 11) is 1.94. The van der Waals surface area contributed by atoms with Crippen molar-refractivity contribution in [2.75, 3.05) is 11.5 Å². The third kappa shape index (κ3) is 4.03. The van der Waals surface area contributed by atoms with E-state index >= 15 is 0 Å². The lowest BCUT2D eigenvalue weighted by molar-refractivity contribution is 0.271. The van der Waals surface area contributed by atoms with E-state index in [0.29, 0.717) is 0 Å². The zero-order chi connectivity index (χ0) is 13.7. The van der Waals surface area contributed by atoms with Crippen molar-refractivity contribution in [2.45, 2.75) is 23.6 Å². The van der Waals surface area contributed by atoms with Crippen LogP contribution in [0.4, 0.5) is 0 Å². The minimum atomic E-state index is 0.0438. The van der Waals surface area contributed by atoms with Crippen molar-refractivity contribution in [3.63, 3.8) is 0 Å². The Morgan fingerprint density at radius 2 is 1.84 bits per heavy atom. The predicted octanol–water partition coefficient (Wildman–Crippen LogP) is 3.11. The summed E-state index contributed by atoms with van der Waals surface area (Å²) >= 11 is 3.59. The molecule has 0 aliphatic heterocycles. The van der Waals surface area contributed by atoms with E-state index in [-0.39, 0.29) is 6.61 Å². The molecule has 0 unspecified atom stereocenters. The van der Waals surface area contributed by atoms with Crippen LogP contribution >= 0.6 is 23.5 Å². The maximum atomic E-state index is 9.10. The van der Waals surface area contributed by atoms with Gasteiger partial charge in [-0.1, -0.05) is 29.5 Å². The zero-order valence-corrected chi connectivity index (χ0v) is 12.8. The molecule has 0 saturated heterocycles. The lowest BCUT2D eigenvalue weighted by Crippen LogP contribution is -1.98. The Labute approximate surface area is 122 Å². The number of rotatable bonds is 6. The van der Waals surface area contributed by atoms with Crippen molar-refractivity contribution in [1.82, 2.24) is 9.55 Å². The summed E-state index contributed by atoms with van der Waals surface area (Å²) in [5.74, 6) is 2.06. The fourth-order valence-electron chi connectivity index (χ4n) is 1.63. The summed E-state index contributed by atoms with van der Waals surface area (Å²) in [6, 6.07) is 8.61. The second-order valence-corrected chi connectivity index (χ2v) is 6.49. The van der Waals surface area contributed by atoms with Crippen molar-refractivity contribution in [1.29, 1.82) is 0 Å². The monoisotopic (exact) mass is 294 g/mol. The summed E-state index contributed by atoms with van der Waals surface area (Å²) in [6.07, 6.45) is 1.73. The first-order valence-electron chi connectivity index (χ1n) is 6.14. The molecule has 0 saturated carbocycles. The Kier molecular flexibility index (Phi) is 5.36. The van der Waals surface area contributed by atoms with E-state index in [9.17, 15) is 0 Å². The number of hydrogen-bond donors (Lipinski definition) is 1. The number of nitrogens with zero attached hydrogens (tertiary/aromatic N) is 2. The standard InChI is InChI=1S/C14H18N2OS2/c1-11-3-5-13(6-4-11)18-7-8-19-14-15-9-12(10-17)16(14)2/h3-6,9,17H,7-8,10H2,1-2H3. The van der Waals surface area contributed by atoms with Crippen LogP contribution in [-0.4, -0.2) is 26.2 Å². The molecule has 0 aliphatic rings. The molecule has 5 heteroatoms. The Hall–Kier alpha value is -0.910.